The lowest BCUT2D eigenvalue weighted by atomic mass is 10.1. The summed E-state index contributed by atoms with van der Waals surface area (Å²) in [5.41, 5.74) is 4.61. The minimum atomic E-state index is 0.0674. The molecular formula is C21H20N4OS. The van der Waals surface area contributed by atoms with E-state index in [-0.39, 0.29) is 5.78 Å². The Morgan fingerprint density at radius 2 is 1.85 bits per heavy atom. The molecule has 0 aliphatic rings. The molecule has 0 radical (unpaired) electrons. The highest BCUT2D eigenvalue weighted by atomic mass is 32.2. The average Bonchev–Trinajstić information content (AvgIpc) is 3.00. The van der Waals surface area contributed by atoms with Gasteiger partial charge >= 0.3 is 0 Å². The molecule has 0 unspecified atom stereocenters. The van der Waals surface area contributed by atoms with E-state index in [1.807, 2.05) is 49.4 Å². The first-order chi connectivity index (χ1) is 13.2. The fraction of sp³-hybridized carbons (Fsp3) is 0.238. The highest BCUT2D eigenvalue weighted by Gasteiger charge is 2.15. The number of ketones is 1. The topological polar surface area (TPSA) is 60.7 Å². The van der Waals surface area contributed by atoms with Crippen molar-refractivity contribution in [3.63, 3.8) is 0 Å². The number of carbonyl (C=O) groups is 1. The minimum Gasteiger partial charge on any atom is -0.324 e. The van der Waals surface area contributed by atoms with Gasteiger partial charge < -0.3 is 4.57 Å². The van der Waals surface area contributed by atoms with Crippen LogP contribution in [0.15, 0.2) is 53.7 Å². The zero-order valence-corrected chi connectivity index (χ0v) is 16.2. The number of carbonyl (C=O) groups excluding carboxylic acids is 1. The molecule has 0 atom stereocenters. The van der Waals surface area contributed by atoms with Gasteiger partial charge in [0.15, 0.2) is 11.4 Å². The van der Waals surface area contributed by atoms with Crippen LogP contribution in [-0.2, 0) is 6.54 Å². The van der Waals surface area contributed by atoms with Crippen molar-refractivity contribution in [3.05, 3.63) is 59.7 Å². The van der Waals surface area contributed by atoms with E-state index in [1.54, 1.807) is 0 Å². The molecule has 0 fully saturated rings. The van der Waals surface area contributed by atoms with Crippen LogP contribution < -0.4 is 0 Å². The third-order valence-electron chi connectivity index (χ3n) is 4.51. The Kier molecular flexibility index (Phi) is 4.90. The largest absolute Gasteiger partial charge is 0.324 e. The van der Waals surface area contributed by atoms with Crippen LogP contribution in [0.25, 0.3) is 22.1 Å². The molecule has 136 valence electrons. The summed E-state index contributed by atoms with van der Waals surface area (Å²) in [4.78, 5) is 17.1. The van der Waals surface area contributed by atoms with Crippen LogP contribution in [0.1, 0.15) is 29.3 Å². The lowest BCUT2D eigenvalue weighted by molar-refractivity contribution is 0.102. The Labute approximate surface area is 161 Å². The SMILES string of the molecule is CCCn1c2ccccc2c2nnc(SCC(=O)c3ccc(C)cc3)nc21. The second-order valence-electron chi connectivity index (χ2n) is 6.51. The smallest absolute Gasteiger partial charge is 0.211 e. The predicted molar refractivity (Wildman–Crippen MR) is 109 cm³/mol. The molecule has 2 aromatic carbocycles. The van der Waals surface area contributed by atoms with E-state index < -0.39 is 0 Å². The number of hydrogen-bond donors (Lipinski definition) is 0. The van der Waals surface area contributed by atoms with Gasteiger partial charge in [0, 0.05) is 17.5 Å². The van der Waals surface area contributed by atoms with Crippen molar-refractivity contribution < 1.29 is 4.79 Å². The third kappa shape index (κ3) is 3.45. The number of para-hydroxylation sites is 1. The molecule has 4 rings (SSSR count). The van der Waals surface area contributed by atoms with Gasteiger partial charge in [0.1, 0.15) is 5.52 Å². The maximum atomic E-state index is 12.4. The van der Waals surface area contributed by atoms with Crippen LogP contribution >= 0.6 is 11.8 Å². The second kappa shape index (κ2) is 7.48. The normalized spacial score (nSPS) is 11.3. The summed E-state index contributed by atoms with van der Waals surface area (Å²) in [5, 5.41) is 10.2. The second-order valence-corrected chi connectivity index (χ2v) is 7.46. The van der Waals surface area contributed by atoms with Gasteiger partial charge in [-0.15, -0.1) is 10.2 Å². The van der Waals surface area contributed by atoms with E-state index >= 15 is 0 Å². The molecule has 0 aliphatic carbocycles. The van der Waals surface area contributed by atoms with Crippen LogP contribution in [-0.4, -0.2) is 31.3 Å². The lowest BCUT2D eigenvalue weighted by Crippen LogP contribution is -2.04. The van der Waals surface area contributed by atoms with Crippen molar-refractivity contribution in [2.75, 3.05) is 5.75 Å². The van der Waals surface area contributed by atoms with Crippen molar-refractivity contribution in [2.24, 2.45) is 0 Å². The Morgan fingerprint density at radius 1 is 1.07 bits per heavy atom. The number of aromatic nitrogens is 4. The van der Waals surface area contributed by atoms with Crippen molar-refractivity contribution in [1.29, 1.82) is 0 Å². The zero-order valence-electron chi connectivity index (χ0n) is 15.3. The van der Waals surface area contributed by atoms with E-state index in [9.17, 15) is 4.79 Å². The van der Waals surface area contributed by atoms with Gasteiger partial charge in [-0.1, -0.05) is 66.7 Å². The number of benzene rings is 2. The number of nitrogens with zero attached hydrogens (tertiary/aromatic N) is 4. The standard InChI is InChI=1S/C21H20N4OS/c1-3-12-25-17-7-5-4-6-16(17)19-20(25)22-21(24-23-19)27-13-18(26)15-10-8-14(2)9-11-15/h4-11H,3,12-13H2,1-2H3. The van der Waals surface area contributed by atoms with Gasteiger partial charge in [-0.25, -0.2) is 4.98 Å². The Bertz CT molecular complexity index is 1120. The van der Waals surface area contributed by atoms with Gasteiger partial charge in [0.05, 0.1) is 11.3 Å². The van der Waals surface area contributed by atoms with E-state index in [4.69, 9.17) is 4.98 Å². The number of fused-ring (bicyclic) bond motifs is 3. The first-order valence-electron chi connectivity index (χ1n) is 9.01. The number of aryl methyl sites for hydroxylation is 2. The van der Waals surface area contributed by atoms with E-state index in [1.165, 1.54) is 11.8 Å². The highest BCUT2D eigenvalue weighted by molar-refractivity contribution is 7.99. The van der Waals surface area contributed by atoms with E-state index in [2.05, 4.69) is 27.8 Å². The van der Waals surface area contributed by atoms with Crippen LogP contribution in [0.2, 0.25) is 0 Å². The molecule has 5 nitrogen and oxygen atoms in total. The highest BCUT2D eigenvalue weighted by Crippen LogP contribution is 2.27. The number of hydrogen-bond acceptors (Lipinski definition) is 5. The Morgan fingerprint density at radius 3 is 2.63 bits per heavy atom. The molecule has 2 aromatic heterocycles. The molecule has 4 aromatic rings. The summed E-state index contributed by atoms with van der Waals surface area (Å²) < 4.78 is 2.19. The molecule has 0 amide bonds. The molecule has 0 saturated heterocycles. The molecular weight excluding hydrogens is 356 g/mol. The van der Waals surface area contributed by atoms with Crippen LogP contribution in [0.4, 0.5) is 0 Å². The van der Waals surface area contributed by atoms with Crippen molar-refractivity contribution >= 4 is 39.6 Å². The summed E-state index contributed by atoms with van der Waals surface area (Å²) in [6.07, 6.45) is 1.01. The summed E-state index contributed by atoms with van der Waals surface area (Å²) >= 11 is 1.33. The zero-order chi connectivity index (χ0) is 18.8. The monoisotopic (exact) mass is 376 g/mol. The van der Waals surface area contributed by atoms with E-state index in [0.717, 1.165) is 40.6 Å². The number of thioether (sulfide) groups is 1. The van der Waals surface area contributed by atoms with Crippen LogP contribution in [0.5, 0.6) is 0 Å². The van der Waals surface area contributed by atoms with Gasteiger partial charge in [-0.3, -0.25) is 4.79 Å². The molecule has 0 saturated carbocycles. The summed E-state index contributed by atoms with van der Waals surface area (Å²) in [7, 11) is 0. The lowest BCUT2D eigenvalue weighted by Gasteiger charge is -2.05. The fourth-order valence-electron chi connectivity index (χ4n) is 3.15. The maximum Gasteiger partial charge on any atom is 0.211 e. The van der Waals surface area contributed by atoms with Gasteiger partial charge in [-0.2, -0.15) is 0 Å². The quantitative estimate of drug-likeness (QED) is 0.361. The molecule has 2 heterocycles. The number of Topliss-reactive ketones (excluding diaryl/α,β-unsaturated/α-hetero) is 1. The summed E-state index contributed by atoms with van der Waals surface area (Å²) in [5.74, 6) is 0.363. The Hall–Kier alpha value is -2.73. The minimum absolute atomic E-state index is 0.0674. The molecule has 0 spiro atoms. The molecule has 0 N–H and O–H groups in total. The first kappa shape index (κ1) is 17.7. The van der Waals surface area contributed by atoms with Crippen LogP contribution in [0, 0.1) is 6.92 Å². The van der Waals surface area contributed by atoms with Gasteiger partial charge in [0.25, 0.3) is 0 Å². The fourth-order valence-corrected chi connectivity index (χ4v) is 3.83. The molecule has 0 aliphatic heterocycles. The van der Waals surface area contributed by atoms with Crippen molar-refractivity contribution in [3.8, 4) is 0 Å². The Balaban J connectivity index is 1.63. The van der Waals surface area contributed by atoms with Crippen molar-refractivity contribution in [1.82, 2.24) is 19.7 Å². The van der Waals surface area contributed by atoms with Crippen LogP contribution in [0.3, 0.4) is 0 Å². The van der Waals surface area contributed by atoms with Gasteiger partial charge in [0.2, 0.25) is 5.16 Å². The molecule has 0 bridgehead atoms. The van der Waals surface area contributed by atoms with Gasteiger partial charge in [-0.05, 0) is 19.4 Å². The number of rotatable bonds is 6. The van der Waals surface area contributed by atoms with Crippen molar-refractivity contribution in [2.45, 2.75) is 32.0 Å². The third-order valence-corrected chi connectivity index (χ3v) is 5.35. The van der Waals surface area contributed by atoms with E-state index in [0.29, 0.717) is 16.5 Å². The predicted octanol–water partition coefficient (Wildman–Crippen LogP) is 4.67. The summed E-state index contributed by atoms with van der Waals surface area (Å²) in [6.45, 7) is 5.02. The summed E-state index contributed by atoms with van der Waals surface area (Å²) in [6, 6.07) is 15.8. The molecule has 27 heavy (non-hydrogen) atoms. The molecule has 6 heteroatoms. The average molecular weight is 376 g/mol. The maximum absolute atomic E-state index is 12.4. The first-order valence-corrected chi connectivity index (χ1v) is 10.00.